The molecule has 1 fully saturated rings. The highest BCUT2D eigenvalue weighted by atomic mass is 16.5. The maximum atomic E-state index is 10.7. The van der Waals surface area contributed by atoms with Crippen molar-refractivity contribution < 1.29 is 14.3 Å². The summed E-state index contributed by atoms with van der Waals surface area (Å²) in [7, 11) is 0. The van der Waals surface area contributed by atoms with E-state index in [1.807, 2.05) is 4.90 Å². The average molecular weight is 184 g/mol. The summed E-state index contributed by atoms with van der Waals surface area (Å²) in [6.07, 6.45) is 1.00. The van der Waals surface area contributed by atoms with Gasteiger partial charge in [-0.15, -0.1) is 0 Å². The first kappa shape index (κ1) is 9.73. The zero-order valence-electron chi connectivity index (χ0n) is 7.23. The Kier molecular flexibility index (Phi) is 3.02. The van der Waals surface area contributed by atoms with Crippen LogP contribution in [0.2, 0.25) is 0 Å². The van der Waals surface area contributed by atoms with Gasteiger partial charge >= 0.3 is 5.97 Å². The molecule has 0 radical (unpaired) electrons. The minimum Gasteiger partial charge on any atom is -0.456 e. The van der Waals surface area contributed by atoms with Crippen LogP contribution >= 0.6 is 0 Å². The highest BCUT2D eigenvalue weighted by Crippen LogP contribution is 2.10. The van der Waals surface area contributed by atoms with E-state index in [1.54, 1.807) is 0 Å². The third-order valence-corrected chi connectivity index (χ3v) is 1.75. The van der Waals surface area contributed by atoms with Gasteiger partial charge in [0.25, 0.3) is 0 Å². The Balaban J connectivity index is 2.15. The van der Waals surface area contributed by atoms with Crippen LogP contribution in [-0.4, -0.2) is 42.5 Å². The topological polar surface area (TPSA) is 72.6 Å². The maximum Gasteiger partial charge on any atom is 0.330 e. The Morgan fingerprint density at radius 3 is 2.69 bits per heavy atom. The van der Waals surface area contributed by atoms with Crippen LogP contribution in [0, 0.1) is 0 Å². The first-order valence-electron chi connectivity index (χ1n) is 3.95. The Morgan fingerprint density at radius 1 is 1.62 bits per heavy atom. The number of hydrogen-bond acceptors (Lipinski definition) is 4. The molecule has 0 saturated carbocycles. The van der Waals surface area contributed by atoms with Gasteiger partial charge in [-0.05, 0) is 0 Å². The Hall–Kier alpha value is -1.36. The molecule has 1 saturated heterocycles. The molecule has 0 bridgehead atoms. The van der Waals surface area contributed by atoms with Crippen molar-refractivity contribution in [2.24, 2.45) is 5.73 Å². The van der Waals surface area contributed by atoms with Crippen molar-refractivity contribution >= 4 is 11.9 Å². The summed E-state index contributed by atoms with van der Waals surface area (Å²) in [6.45, 7) is 4.65. The zero-order valence-corrected chi connectivity index (χ0v) is 7.23. The number of carbonyl (C=O) groups is 2. The van der Waals surface area contributed by atoms with Crippen LogP contribution in [0.5, 0.6) is 0 Å². The number of rotatable bonds is 4. The Bertz CT molecular complexity index is 234. The van der Waals surface area contributed by atoms with Gasteiger partial charge in [-0.1, -0.05) is 6.58 Å². The molecule has 0 unspecified atom stereocenters. The van der Waals surface area contributed by atoms with E-state index in [4.69, 9.17) is 10.5 Å². The van der Waals surface area contributed by atoms with Crippen molar-refractivity contribution in [1.82, 2.24) is 4.90 Å². The van der Waals surface area contributed by atoms with E-state index < -0.39 is 5.97 Å². The van der Waals surface area contributed by atoms with Gasteiger partial charge < -0.3 is 10.5 Å². The predicted octanol–water partition coefficient (Wildman–Crippen LogP) is -1.11. The second kappa shape index (κ2) is 4.04. The van der Waals surface area contributed by atoms with Crippen LogP contribution in [0.1, 0.15) is 0 Å². The molecule has 1 heterocycles. The fraction of sp³-hybridized carbons (Fsp3) is 0.500. The van der Waals surface area contributed by atoms with Gasteiger partial charge in [0.15, 0.2) is 0 Å². The second-order valence-corrected chi connectivity index (χ2v) is 2.92. The maximum absolute atomic E-state index is 10.7. The highest BCUT2D eigenvalue weighted by molar-refractivity contribution is 5.81. The van der Waals surface area contributed by atoms with Crippen molar-refractivity contribution in [2.45, 2.75) is 6.10 Å². The molecule has 1 aliphatic heterocycles. The molecule has 2 N–H and O–H groups in total. The number of likely N-dealkylation sites (tertiary alicyclic amines) is 1. The number of hydrogen-bond donors (Lipinski definition) is 1. The lowest BCUT2D eigenvalue weighted by atomic mass is 10.1. The summed E-state index contributed by atoms with van der Waals surface area (Å²) in [4.78, 5) is 22.9. The highest BCUT2D eigenvalue weighted by Gasteiger charge is 2.29. The number of ether oxygens (including phenoxy) is 1. The van der Waals surface area contributed by atoms with E-state index in [-0.39, 0.29) is 18.6 Å². The molecule has 1 rings (SSSR count). The lowest BCUT2D eigenvalue weighted by Gasteiger charge is -2.37. The van der Waals surface area contributed by atoms with Crippen molar-refractivity contribution in [3.63, 3.8) is 0 Å². The molecule has 0 atom stereocenters. The van der Waals surface area contributed by atoms with E-state index in [2.05, 4.69) is 6.58 Å². The van der Waals surface area contributed by atoms with Gasteiger partial charge in [0.1, 0.15) is 6.10 Å². The normalized spacial score (nSPS) is 17.5. The van der Waals surface area contributed by atoms with Crippen LogP contribution in [0.3, 0.4) is 0 Å². The fourth-order valence-corrected chi connectivity index (χ4v) is 1.16. The first-order valence-corrected chi connectivity index (χ1v) is 3.95. The van der Waals surface area contributed by atoms with Crippen LogP contribution in [0.4, 0.5) is 0 Å². The standard InChI is InChI=1S/C8H12N2O3/c1-2-8(12)13-6-3-10(4-6)5-7(9)11/h2,6H,1,3-5H2,(H2,9,11). The number of amides is 1. The van der Waals surface area contributed by atoms with Gasteiger partial charge in [-0.3, -0.25) is 9.69 Å². The molecular weight excluding hydrogens is 172 g/mol. The molecular formula is C8H12N2O3. The van der Waals surface area contributed by atoms with Gasteiger partial charge in [-0.2, -0.15) is 0 Å². The molecule has 0 aliphatic carbocycles. The van der Waals surface area contributed by atoms with Gasteiger partial charge in [-0.25, -0.2) is 4.79 Å². The summed E-state index contributed by atoms with van der Waals surface area (Å²) in [6, 6.07) is 0. The van der Waals surface area contributed by atoms with Crippen LogP contribution in [0.15, 0.2) is 12.7 Å². The summed E-state index contributed by atoms with van der Waals surface area (Å²) in [5.74, 6) is -0.794. The number of nitrogens with zero attached hydrogens (tertiary/aromatic N) is 1. The lowest BCUT2D eigenvalue weighted by molar-refractivity contribution is -0.151. The SMILES string of the molecule is C=CC(=O)OC1CN(CC(N)=O)C1. The van der Waals surface area contributed by atoms with Crippen molar-refractivity contribution in [3.05, 3.63) is 12.7 Å². The number of nitrogens with two attached hydrogens (primary N) is 1. The van der Waals surface area contributed by atoms with Crippen molar-refractivity contribution in [1.29, 1.82) is 0 Å². The molecule has 0 aromatic carbocycles. The van der Waals surface area contributed by atoms with E-state index in [1.165, 1.54) is 0 Å². The van der Waals surface area contributed by atoms with Crippen LogP contribution in [0.25, 0.3) is 0 Å². The average Bonchev–Trinajstić information content (AvgIpc) is 1.99. The molecule has 1 amide bonds. The number of carbonyl (C=O) groups excluding carboxylic acids is 2. The molecule has 0 aromatic rings. The quantitative estimate of drug-likeness (QED) is 0.444. The molecule has 5 heteroatoms. The van der Waals surface area contributed by atoms with Gasteiger partial charge in [0, 0.05) is 19.2 Å². The predicted molar refractivity (Wildman–Crippen MR) is 45.7 cm³/mol. The Morgan fingerprint density at radius 2 is 2.23 bits per heavy atom. The summed E-state index contributed by atoms with van der Waals surface area (Å²) < 4.78 is 4.90. The molecule has 13 heavy (non-hydrogen) atoms. The summed E-state index contributed by atoms with van der Waals surface area (Å²) in [5, 5.41) is 0. The molecule has 0 spiro atoms. The Labute approximate surface area is 76.1 Å². The number of esters is 1. The van der Waals surface area contributed by atoms with E-state index in [0.717, 1.165) is 6.08 Å². The van der Waals surface area contributed by atoms with E-state index in [9.17, 15) is 9.59 Å². The smallest absolute Gasteiger partial charge is 0.330 e. The monoisotopic (exact) mass is 184 g/mol. The van der Waals surface area contributed by atoms with E-state index >= 15 is 0 Å². The van der Waals surface area contributed by atoms with Crippen LogP contribution in [-0.2, 0) is 14.3 Å². The summed E-state index contributed by atoms with van der Waals surface area (Å²) >= 11 is 0. The molecule has 5 nitrogen and oxygen atoms in total. The van der Waals surface area contributed by atoms with Crippen molar-refractivity contribution in [3.8, 4) is 0 Å². The second-order valence-electron chi connectivity index (χ2n) is 2.92. The first-order chi connectivity index (χ1) is 6.11. The lowest BCUT2D eigenvalue weighted by Crippen LogP contribution is -2.55. The van der Waals surface area contributed by atoms with Gasteiger partial charge in [0.2, 0.25) is 5.91 Å². The molecule has 1 aliphatic rings. The third kappa shape index (κ3) is 2.87. The number of primary amides is 1. The fourth-order valence-electron chi connectivity index (χ4n) is 1.16. The minimum absolute atomic E-state index is 0.121. The molecule has 72 valence electrons. The minimum atomic E-state index is -0.427. The largest absolute Gasteiger partial charge is 0.456 e. The van der Waals surface area contributed by atoms with Gasteiger partial charge in [0.05, 0.1) is 6.54 Å². The van der Waals surface area contributed by atoms with Crippen molar-refractivity contribution in [2.75, 3.05) is 19.6 Å². The summed E-state index contributed by atoms with van der Waals surface area (Å²) in [5.41, 5.74) is 4.97. The van der Waals surface area contributed by atoms with Crippen LogP contribution < -0.4 is 5.73 Å². The zero-order chi connectivity index (χ0) is 9.84. The molecule has 0 aromatic heterocycles. The van der Waals surface area contributed by atoms with E-state index in [0.29, 0.717) is 13.1 Å². The third-order valence-electron chi connectivity index (χ3n) is 1.75.